The molecule has 5 nitrogen and oxygen atoms in total. The molecule has 0 amide bonds. The molecule has 2 aromatic carbocycles. The predicted octanol–water partition coefficient (Wildman–Crippen LogP) is 4.08. The van der Waals surface area contributed by atoms with Crippen molar-refractivity contribution in [3.05, 3.63) is 54.1 Å². The van der Waals surface area contributed by atoms with Crippen molar-refractivity contribution < 1.29 is 4.74 Å². The van der Waals surface area contributed by atoms with E-state index in [4.69, 9.17) is 9.73 Å². The molecule has 3 aliphatic rings. The molecule has 2 aromatic rings. The van der Waals surface area contributed by atoms with Crippen molar-refractivity contribution in [3.63, 3.8) is 0 Å². The predicted molar refractivity (Wildman–Crippen MR) is 115 cm³/mol. The van der Waals surface area contributed by atoms with Gasteiger partial charge >= 0.3 is 0 Å². The van der Waals surface area contributed by atoms with Gasteiger partial charge in [0.25, 0.3) is 0 Å². The molecular formula is C23H28N4O. The van der Waals surface area contributed by atoms with E-state index >= 15 is 0 Å². The largest absolute Gasteiger partial charge is 0.381 e. The van der Waals surface area contributed by atoms with Crippen LogP contribution < -0.4 is 15.5 Å². The second-order valence-corrected chi connectivity index (χ2v) is 7.97. The van der Waals surface area contributed by atoms with E-state index in [9.17, 15) is 0 Å². The van der Waals surface area contributed by atoms with E-state index in [2.05, 4.69) is 58.0 Å². The number of hydrogen-bond donors (Lipinski definition) is 2. The minimum Gasteiger partial charge on any atom is -0.381 e. The van der Waals surface area contributed by atoms with Crippen LogP contribution in [0.2, 0.25) is 0 Å². The van der Waals surface area contributed by atoms with E-state index in [1.165, 1.54) is 24.1 Å². The first kappa shape index (κ1) is 17.6. The summed E-state index contributed by atoms with van der Waals surface area (Å²) >= 11 is 0. The highest BCUT2D eigenvalue weighted by atomic mass is 16.5. The second-order valence-electron chi connectivity index (χ2n) is 7.97. The number of aliphatic imine (C=N–C) groups is 1. The van der Waals surface area contributed by atoms with E-state index in [1.54, 1.807) is 0 Å². The van der Waals surface area contributed by atoms with Gasteiger partial charge < -0.3 is 20.3 Å². The molecule has 1 spiro atoms. The van der Waals surface area contributed by atoms with E-state index in [1.807, 2.05) is 6.07 Å². The van der Waals surface area contributed by atoms with Crippen molar-refractivity contribution in [1.82, 2.24) is 5.32 Å². The highest BCUT2D eigenvalue weighted by molar-refractivity contribution is 6.00. The Balaban J connectivity index is 1.42. The summed E-state index contributed by atoms with van der Waals surface area (Å²) < 4.78 is 5.65. The average Bonchev–Trinajstić information content (AvgIpc) is 3.28. The van der Waals surface area contributed by atoms with Gasteiger partial charge in [-0.15, -0.1) is 0 Å². The molecule has 0 aliphatic carbocycles. The molecule has 5 rings (SSSR count). The highest BCUT2D eigenvalue weighted by Crippen LogP contribution is 2.37. The molecule has 2 N–H and O–H groups in total. The van der Waals surface area contributed by atoms with Crippen LogP contribution in [-0.2, 0) is 11.3 Å². The lowest BCUT2D eigenvalue weighted by Crippen LogP contribution is -2.56. The summed E-state index contributed by atoms with van der Waals surface area (Å²) in [5.41, 5.74) is 4.67. The molecule has 0 radical (unpaired) electrons. The molecule has 5 heteroatoms. The van der Waals surface area contributed by atoms with Gasteiger partial charge in [0.15, 0.2) is 0 Å². The number of nitrogens with zero attached hydrogens (tertiary/aromatic N) is 2. The first-order valence-corrected chi connectivity index (χ1v) is 10.4. The van der Waals surface area contributed by atoms with Crippen LogP contribution in [0.25, 0.3) is 0 Å². The van der Waals surface area contributed by atoms with Gasteiger partial charge in [0.2, 0.25) is 0 Å². The number of benzene rings is 2. The fraction of sp³-hybridized carbons (Fsp3) is 0.435. The third kappa shape index (κ3) is 3.24. The summed E-state index contributed by atoms with van der Waals surface area (Å²) in [6.07, 6.45) is 4.44. The minimum absolute atomic E-state index is 0.158. The van der Waals surface area contributed by atoms with Crippen LogP contribution in [0, 0.1) is 0 Å². The Morgan fingerprint density at radius 2 is 1.75 bits per heavy atom. The molecule has 3 heterocycles. The molecule has 0 saturated carbocycles. The summed E-state index contributed by atoms with van der Waals surface area (Å²) in [5.74, 6) is 1.05. The van der Waals surface area contributed by atoms with E-state index in [0.29, 0.717) is 0 Å². The quantitative estimate of drug-likeness (QED) is 0.847. The van der Waals surface area contributed by atoms with E-state index in [0.717, 1.165) is 62.9 Å². The number of ether oxygens (including phenoxy) is 1. The standard InChI is InChI=1S/C23H28N4O/c1-4-10-21(27-13-5-6-14-27)18(7-1)17-24-22-23(11-15-28-16-12-23)26-20-9-3-2-8-19(20)25-22/h1-4,7-10,26H,5-6,11-17H2,(H,24,25). The lowest BCUT2D eigenvalue weighted by atomic mass is 9.86. The molecule has 0 aromatic heterocycles. The van der Waals surface area contributed by atoms with Gasteiger partial charge in [0.05, 0.1) is 16.9 Å². The molecule has 0 unspecified atom stereocenters. The van der Waals surface area contributed by atoms with E-state index < -0.39 is 0 Å². The zero-order valence-electron chi connectivity index (χ0n) is 16.3. The first-order valence-electron chi connectivity index (χ1n) is 10.4. The number of nitrogens with one attached hydrogen (secondary N) is 2. The fourth-order valence-corrected chi connectivity index (χ4v) is 4.62. The number of fused-ring (bicyclic) bond motifs is 1. The van der Waals surface area contributed by atoms with E-state index in [-0.39, 0.29) is 5.54 Å². The molecule has 3 aliphatic heterocycles. The van der Waals surface area contributed by atoms with Crippen molar-refractivity contribution >= 4 is 22.9 Å². The second kappa shape index (κ2) is 7.47. The fourth-order valence-electron chi connectivity index (χ4n) is 4.62. The molecule has 28 heavy (non-hydrogen) atoms. The average molecular weight is 377 g/mol. The van der Waals surface area contributed by atoms with Crippen LogP contribution in [0.1, 0.15) is 31.2 Å². The Kier molecular flexibility index (Phi) is 4.69. The van der Waals surface area contributed by atoms with Gasteiger partial charge in [-0.05, 0) is 36.6 Å². The van der Waals surface area contributed by atoms with Crippen LogP contribution in [0.15, 0.2) is 53.5 Å². The number of rotatable bonds is 3. The van der Waals surface area contributed by atoms with Crippen molar-refractivity contribution in [2.75, 3.05) is 36.5 Å². The van der Waals surface area contributed by atoms with Gasteiger partial charge in [-0.2, -0.15) is 0 Å². The van der Waals surface area contributed by atoms with Crippen LogP contribution in [0.5, 0.6) is 0 Å². The summed E-state index contributed by atoms with van der Waals surface area (Å²) in [6, 6.07) is 17.1. The van der Waals surface area contributed by atoms with Gasteiger partial charge in [-0.3, -0.25) is 0 Å². The number of para-hydroxylation sites is 3. The smallest absolute Gasteiger partial charge is 0.129 e. The van der Waals surface area contributed by atoms with Crippen LogP contribution >= 0.6 is 0 Å². The zero-order valence-corrected chi connectivity index (χ0v) is 16.3. The van der Waals surface area contributed by atoms with Crippen molar-refractivity contribution in [1.29, 1.82) is 0 Å². The van der Waals surface area contributed by atoms with Crippen molar-refractivity contribution in [2.24, 2.45) is 4.99 Å². The summed E-state index contributed by atoms with van der Waals surface area (Å²) in [6.45, 7) is 4.64. The zero-order chi connectivity index (χ0) is 18.8. The SMILES string of the molecule is c1ccc(N2CCCC2)c(CNC2=Nc3ccccc3NC23CCOCC3)c1. The topological polar surface area (TPSA) is 48.9 Å². The summed E-state index contributed by atoms with van der Waals surface area (Å²) in [7, 11) is 0. The lowest BCUT2D eigenvalue weighted by molar-refractivity contribution is 0.0771. The summed E-state index contributed by atoms with van der Waals surface area (Å²) in [5, 5.41) is 7.49. The Morgan fingerprint density at radius 1 is 1.00 bits per heavy atom. The number of hydrogen-bond acceptors (Lipinski definition) is 5. The molecule has 2 saturated heterocycles. The van der Waals surface area contributed by atoms with Gasteiger partial charge in [0, 0.05) is 51.4 Å². The molecule has 2 fully saturated rings. The van der Waals surface area contributed by atoms with Crippen LogP contribution in [-0.4, -0.2) is 37.7 Å². The van der Waals surface area contributed by atoms with Crippen LogP contribution in [0.3, 0.4) is 0 Å². The molecular weight excluding hydrogens is 348 g/mol. The normalized spacial score (nSPS) is 20.4. The molecule has 146 valence electrons. The maximum Gasteiger partial charge on any atom is 0.129 e. The van der Waals surface area contributed by atoms with Crippen molar-refractivity contribution in [2.45, 2.75) is 37.8 Å². The minimum atomic E-state index is -0.158. The van der Waals surface area contributed by atoms with Gasteiger partial charge in [-0.25, -0.2) is 4.99 Å². The third-order valence-electron chi connectivity index (χ3n) is 6.19. The Labute approximate surface area is 166 Å². The van der Waals surface area contributed by atoms with Gasteiger partial charge in [-0.1, -0.05) is 30.3 Å². The van der Waals surface area contributed by atoms with Gasteiger partial charge in [0.1, 0.15) is 5.84 Å². The lowest BCUT2D eigenvalue weighted by Gasteiger charge is -2.42. The van der Waals surface area contributed by atoms with Crippen LogP contribution in [0.4, 0.5) is 17.1 Å². The van der Waals surface area contributed by atoms with Crippen molar-refractivity contribution in [3.8, 4) is 0 Å². The maximum absolute atomic E-state index is 5.65. The number of anilines is 2. The monoisotopic (exact) mass is 376 g/mol. The maximum atomic E-state index is 5.65. The Morgan fingerprint density at radius 3 is 2.61 bits per heavy atom. The summed E-state index contributed by atoms with van der Waals surface area (Å²) in [4.78, 5) is 7.55. The molecule has 0 bridgehead atoms. The first-order chi connectivity index (χ1) is 13.8. The Bertz CT molecular complexity index is 866. The third-order valence-corrected chi connectivity index (χ3v) is 6.19. The molecule has 0 atom stereocenters. The highest BCUT2D eigenvalue weighted by Gasteiger charge is 2.40. The Hall–Kier alpha value is -2.53. The number of amidine groups is 1.